The molecule has 1 fully saturated rings. The Balaban J connectivity index is 1.68. The summed E-state index contributed by atoms with van der Waals surface area (Å²) in [6.45, 7) is 0. The van der Waals surface area contributed by atoms with Gasteiger partial charge in [-0.15, -0.1) is 0 Å². The van der Waals surface area contributed by atoms with Gasteiger partial charge >= 0.3 is 0 Å². The van der Waals surface area contributed by atoms with E-state index in [0.29, 0.717) is 24.0 Å². The summed E-state index contributed by atoms with van der Waals surface area (Å²) in [7, 11) is 0. The van der Waals surface area contributed by atoms with Gasteiger partial charge in [-0.2, -0.15) is 0 Å². The lowest BCUT2D eigenvalue weighted by Crippen LogP contribution is -2.39. The van der Waals surface area contributed by atoms with E-state index in [2.05, 4.69) is 15.0 Å². The topological polar surface area (TPSA) is 214 Å². The van der Waals surface area contributed by atoms with Crippen LogP contribution in [0.25, 0.3) is 11.2 Å². The predicted octanol–water partition coefficient (Wildman–Crippen LogP) is -2.66. The number of amides is 1. The Labute approximate surface area is 154 Å². The number of carbonyl (C=O) groups is 1. The molecular weight excluding hydrogens is 356 g/mol. The molecule has 0 aromatic carbocycles. The van der Waals surface area contributed by atoms with Gasteiger partial charge in [0.25, 0.3) is 0 Å². The third-order valence-electron chi connectivity index (χ3n) is 4.75. The fraction of sp³-hybridized carbons (Fsp3) is 0.600. The van der Waals surface area contributed by atoms with E-state index in [1.54, 1.807) is 0 Å². The van der Waals surface area contributed by atoms with E-state index in [0.717, 1.165) is 0 Å². The Morgan fingerprint density at radius 3 is 2.67 bits per heavy atom. The summed E-state index contributed by atoms with van der Waals surface area (Å²) in [6, 6.07) is -1.16. The summed E-state index contributed by atoms with van der Waals surface area (Å²) in [5.41, 5.74) is 23.3. The Hall–Kier alpha value is -2.38. The maximum atomic E-state index is 11.0. The van der Waals surface area contributed by atoms with Crippen molar-refractivity contribution in [1.29, 1.82) is 0 Å². The zero-order valence-corrected chi connectivity index (χ0v) is 14.5. The summed E-state index contributed by atoms with van der Waals surface area (Å²) in [4.78, 5) is 23.1. The van der Waals surface area contributed by atoms with Crippen molar-refractivity contribution >= 4 is 22.9 Å². The molecule has 0 radical (unpaired) electrons. The highest BCUT2D eigenvalue weighted by molar-refractivity contribution is 5.81. The molecule has 148 valence electrons. The number of fused-ring (bicyclic) bond motifs is 1. The van der Waals surface area contributed by atoms with Crippen molar-refractivity contribution in [2.75, 3.05) is 5.73 Å². The van der Waals surface area contributed by atoms with E-state index in [9.17, 15) is 15.0 Å². The van der Waals surface area contributed by atoms with Crippen LogP contribution in [0, 0.1) is 0 Å². The largest absolute Gasteiger partial charge is 0.388 e. The number of nitrogens with zero attached hydrogens (tertiary/aromatic N) is 4. The van der Waals surface area contributed by atoms with Crippen LogP contribution in [-0.2, 0) is 9.53 Å². The van der Waals surface area contributed by atoms with Gasteiger partial charge in [-0.3, -0.25) is 9.36 Å². The first kappa shape index (κ1) is 19.4. The monoisotopic (exact) mass is 380 g/mol. The number of aliphatic hydroxyl groups is 2. The lowest BCUT2D eigenvalue weighted by Gasteiger charge is -2.20. The number of anilines is 1. The highest BCUT2D eigenvalue weighted by Crippen LogP contribution is 2.33. The third-order valence-corrected chi connectivity index (χ3v) is 4.75. The summed E-state index contributed by atoms with van der Waals surface area (Å²) in [5.74, 6) is -0.390. The number of imidazole rings is 1. The number of nitrogen functional groups attached to an aromatic ring is 1. The summed E-state index contributed by atoms with van der Waals surface area (Å²) in [6.07, 6.45) is -0.239. The minimum atomic E-state index is -1.20. The van der Waals surface area contributed by atoms with Gasteiger partial charge in [0.2, 0.25) is 5.91 Å². The molecule has 2 aromatic rings. The predicted molar refractivity (Wildman–Crippen MR) is 94.7 cm³/mol. The van der Waals surface area contributed by atoms with Gasteiger partial charge in [0.05, 0.1) is 18.5 Å². The van der Waals surface area contributed by atoms with E-state index < -0.39 is 42.5 Å². The van der Waals surface area contributed by atoms with Crippen LogP contribution >= 0.6 is 0 Å². The van der Waals surface area contributed by atoms with E-state index >= 15 is 0 Å². The van der Waals surface area contributed by atoms with Gasteiger partial charge in [0, 0.05) is 6.04 Å². The lowest BCUT2D eigenvalue weighted by molar-refractivity contribution is -0.119. The molecule has 12 heteroatoms. The molecule has 0 spiro atoms. The molecule has 1 saturated heterocycles. The maximum absolute atomic E-state index is 11.0. The highest BCUT2D eigenvalue weighted by Gasteiger charge is 2.44. The third kappa shape index (κ3) is 3.84. The van der Waals surface area contributed by atoms with Crippen molar-refractivity contribution in [2.45, 2.75) is 55.9 Å². The fourth-order valence-corrected chi connectivity index (χ4v) is 3.16. The van der Waals surface area contributed by atoms with Gasteiger partial charge in [0.1, 0.15) is 24.1 Å². The summed E-state index contributed by atoms with van der Waals surface area (Å²) >= 11 is 0. The van der Waals surface area contributed by atoms with Crippen molar-refractivity contribution in [3.05, 3.63) is 12.7 Å². The molecule has 10 N–H and O–H groups in total. The Morgan fingerprint density at radius 2 is 1.96 bits per heavy atom. The van der Waals surface area contributed by atoms with Gasteiger partial charge in [-0.25, -0.2) is 15.0 Å². The minimum Gasteiger partial charge on any atom is -0.388 e. The number of carbonyl (C=O) groups excluding carboxylic acids is 1. The molecule has 27 heavy (non-hydrogen) atoms. The molecule has 0 bridgehead atoms. The first-order valence-corrected chi connectivity index (χ1v) is 8.54. The molecule has 3 rings (SSSR count). The Kier molecular flexibility index (Phi) is 5.53. The van der Waals surface area contributed by atoms with Crippen molar-refractivity contribution in [3.63, 3.8) is 0 Å². The second-order valence-electron chi connectivity index (χ2n) is 6.71. The molecule has 1 aliphatic rings. The smallest absolute Gasteiger partial charge is 0.234 e. The average Bonchev–Trinajstić information content (AvgIpc) is 3.17. The SMILES string of the molecule is NC(=O)[C@@H](N)CC[C@H](N)C[C@H]1O[C@@H](n2cnc3c(N)ncnc32)C(O)C1O. The van der Waals surface area contributed by atoms with Crippen molar-refractivity contribution < 1.29 is 19.7 Å². The molecule has 0 saturated carbocycles. The average molecular weight is 380 g/mol. The number of hydrogen-bond donors (Lipinski definition) is 6. The Morgan fingerprint density at radius 1 is 1.22 bits per heavy atom. The van der Waals surface area contributed by atoms with Crippen LogP contribution in [0.15, 0.2) is 12.7 Å². The van der Waals surface area contributed by atoms with Crippen LogP contribution in [0.1, 0.15) is 25.5 Å². The zero-order valence-electron chi connectivity index (χ0n) is 14.5. The quantitative estimate of drug-likeness (QED) is 0.293. The number of hydrogen-bond acceptors (Lipinski definition) is 10. The van der Waals surface area contributed by atoms with E-state index in [1.807, 2.05) is 0 Å². The molecule has 3 heterocycles. The van der Waals surface area contributed by atoms with Crippen molar-refractivity contribution in [3.8, 4) is 0 Å². The minimum absolute atomic E-state index is 0.205. The molecule has 1 aliphatic heterocycles. The first-order valence-electron chi connectivity index (χ1n) is 8.54. The Bertz CT molecular complexity index is 814. The van der Waals surface area contributed by atoms with E-state index in [1.165, 1.54) is 17.2 Å². The highest BCUT2D eigenvalue weighted by atomic mass is 16.6. The summed E-state index contributed by atoms with van der Waals surface area (Å²) in [5, 5.41) is 20.8. The number of rotatable bonds is 7. The maximum Gasteiger partial charge on any atom is 0.234 e. The van der Waals surface area contributed by atoms with Crippen molar-refractivity contribution in [2.24, 2.45) is 17.2 Å². The standard InChI is InChI=1S/C15H24N8O4/c16-6(1-2-7(17)13(19)26)3-8-10(24)11(25)15(27-8)23-5-22-9-12(18)20-4-21-14(9)23/h4-8,10-11,15,24-25H,1-3,16-17H2,(H2,19,26)(H2,18,20,21)/t6-,7-,8+,10?,11?,15+/m0/s1. The molecule has 2 unspecified atom stereocenters. The second-order valence-corrected chi connectivity index (χ2v) is 6.71. The number of aliphatic hydroxyl groups excluding tert-OH is 2. The van der Waals surface area contributed by atoms with E-state index in [-0.39, 0.29) is 12.2 Å². The number of nitrogens with two attached hydrogens (primary N) is 4. The second kappa shape index (κ2) is 7.70. The molecule has 0 aliphatic carbocycles. The van der Waals surface area contributed by atoms with Crippen LogP contribution in [0.5, 0.6) is 0 Å². The van der Waals surface area contributed by atoms with Crippen LogP contribution in [0.3, 0.4) is 0 Å². The van der Waals surface area contributed by atoms with Gasteiger partial charge < -0.3 is 37.9 Å². The molecule has 6 atom stereocenters. The fourth-order valence-electron chi connectivity index (χ4n) is 3.16. The molecule has 1 amide bonds. The lowest BCUT2D eigenvalue weighted by atomic mass is 9.98. The number of aromatic nitrogens is 4. The van der Waals surface area contributed by atoms with Crippen LogP contribution < -0.4 is 22.9 Å². The van der Waals surface area contributed by atoms with Gasteiger partial charge in [-0.1, -0.05) is 0 Å². The van der Waals surface area contributed by atoms with Gasteiger partial charge in [0.15, 0.2) is 17.7 Å². The molecular formula is C15H24N8O4. The zero-order chi connectivity index (χ0) is 19.7. The molecule has 2 aromatic heterocycles. The van der Waals surface area contributed by atoms with Crippen LogP contribution in [-0.4, -0.2) is 66.0 Å². The number of primary amides is 1. The normalized spacial score (nSPS) is 27.7. The number of ether oxygens (including phenoxy) is 1. The van der Waals surface area contributed by atoms with E-state index in [4.69, 9.17) is 27.7 Å². The van der Waals surface area contributed by atoms with Crippen LogP contribution in [0.2, 0.25) is 0 Å². The summed E-state index contributed by atoms with van der Waals surface area (Å²) < 4.78 is 7.32. The van der Waals surface area contributed by atoms with Gasteiger partial charge in [-0.05, 0) is 19.3 Å². The van der Waals surface area contributed by atoms with Crippen molar-refractivity contribution in [1.82, 2.24) is 19.5 Å². The van der Waals surface area contributed by atoms with Crippen LogP contribution in [0.4, 0.5) is 5.82 Å². The molecule has 12 nitrogen and oxygen atoms in total. The first-order chi connectivity index (χ1) is 12.8.